The van der Waals surface area contributed by atoms with Crippen LogP contribution in [0.4, 0.5) is 4.79 Å². The Hall–Kier alpha value is -1.34. The van der Waals surface area contributed by atoms with Crippen molar-refractivity contribution in [3.63, 3.8) is 0 Å². The quantitative estimate of drug-likeness (QED) is 0.703. The van der Waals surface area contributed by atoms with Gasteiger partial charge in [-0.3, -0.25) is 14.5 Å². The molecule has 1 spiro atoms. The molecule has 3 fully saturated rings. The Bertz CT molecular complexity index is 587. The first kappa shape index (κ1) is 21.0. The highest BCUT2D eigenvalue weighted by Crippen LogP contribution is 2.36. The van der Waals surface area contributed by atoms with E-state index in [2.05, 4.69) is 12.2 Å². The lowest BCUT2D eigenvalue weighted by Crippen LogP contribution is -2.56. The lowest BCUT2D eigenvalue weighted by molar-refractivity contribution is -0.141. The zero-order valence-electron chi connectivity index (χ0n) is 15.9. The van der Waals surface area contributed by atoms with Crippen LogP contribution >= 0.6 is 12.4 Å². The third kappa shape index (κ3) is 3.69. The summed E-state index contributed by atoms with van der Waals surface area (Å²) in [7, 11) is 0. The Morgan fingerprint density at radius 1 is 1.23 bits per heavy atom. The molecular weight excluding hydrogens is 356 g/mol. The van der Waals surface area contributed by atoms with Crippen LogP contribution in [-0.4, -0.2) is 58.9 Å². The van der Waals surface area contributed by atoms with Crippen LogP contribution in [0.3, 0.4) is 0 Å². The summed E-state index contributed by atoms with van der Waals surface area (Å²) in [5, 5.41) is 2.87. The fourth-order valence-corrected chi connectivity index (χ4v) is 4.24. The van der Waals surface area contributed by atoms with Crippen molar-refractivity contribution >= 4 is 30.3 Å². The first-order valence-corrected chi connectivity index (χ1v) is 9.32. The van der Waals surface area contributed by atoms with Gasteiger partial charge in [0.15, 0.2) is 0 Å². The minimum atomic E-state index is -0.784. The van der Waals surface area contributed by atoms with Crippen molar-refractivity contribution in [3.8, 4) is 0 Å². The number of halogens is 1. The van der Waals surface area contributed by atoms with Crippen LogP contribution in [0.15, 0.2) is 0 Å². The fraction of sp³-hybridized carbons (Fsp3) is 0.833. The minimum Gasteiger partial charge on any atom is -0.340 e. The van der Waals surface area contributed by atoms with Gasteiger partial charge in [0, 0.05) is 19.1 Å². The zero-order chi connectivity index (χ0) is 18.4. The number of urea groups is 1. The van der Waals surface area contributed by atoms with Crippen LogP contribution < -0.4 is 11.1 Å². The van der Waals surface area contributed by atoms with Gasteiger partial charge in [-0.2, -0.15) is 0 Å². The number of nitrogens with zero attached hydrogens (tertiary/aromatic N) is 2. The summed E-state index contributed by atoms with van der Waals surface area (Å²) in [5.41, 5.74) is 5.18. The number of amides is 4. The monoisotopic (exact) mass is 386 g/mol. The maximum Gasteiger partial charge on any atom is 0.325 e. The summed E-state index contributed by atoms with van der Waals surface area (Å²) < 4.78 is 0. The molecule has 3 aliphatic rings. The van der Waals surface area contributed by atoms with Gasteiger partial charge in [-0.25, -0.2) is 4.79 Å². The largest absolute Gasteiger partial charge is 0.340 e. The Labute approximate surface area is 161 Å². The number of carbonyl (C=O) groups is 3. The molecule has 2 saturated heterocycles. The first-order chi connectivity index (χ1) is 11.6. The Kier molecular flexibility index (Phi) is 5.93. The third-order valence-electron chi connectivity index (χ3n) is 6.33. The molecule has 8 heteroatoms. The van der Waals surface area contributed by atoms with Crippen molar-refractivity contribution in [1.29, 1.82) is 0 Å². The minimum absolute atomic E-state index is 0. The van der Waals surface area contributed by atoms with Crippen molar-refractivity contribution in [2.45, 2.75) is 64.5 Å². The number of hydrogen-bond donors (Lipinski definition) is 2. The Balaban J connectivity index is 0.00000243. The molecule has 7 nitrogen and oxygen atoms in total. The van der Waals surface area contributed by atoms with Crippen molar-refractivity contribution in [2.24, 2.45) is 17.1 Å². The molecule has 2 aliphatic heterocycles. The number of likely N-dealkylation sites (tertiary alicyclic amines) is 1. The molecule has 3 rings (SSSR count). The highest BCUT2D eigenvalue weighted by Gasteiger charge is 2.52. The number of carbonyl (C=O) groups excluding carboxylic acids is 3. The summed E-state index contributed by atoms with van der Waals surface area (Å²) in [5.74, 6) is 0.168. The molecule has 3 N–H and O–H groups in total. The van der Waals surface area contributed by atoms with E-state index in [0.29, 0.717) is 31.8 Å². The van der Waals surface area contributed by atoms with Crippen molar-refractivity contribution in [1.82, 2.24) is 15.1 Å². The average Bonchev–Trinajstić information content (AvgIpc) is 2.77. The summed E-state index contributed by atoms with van der Waals surface area (Å²) >= 11 is 0. The molecule has 1 aliphatic carbocycles. The van der Waals surface area contributed by atoms with Crippen LogP contribution in [-0.2, 0) is 9.59 Å². The lowest BCUT2D eigenvalue weighted by Gasteiger charge is -2.42. The predicted octanol–water partition coefficient (Wildman–Crippen LogP) is 1.49. The Morgan fingerprint density at radius 2 is 1.85 bits per heavy atom. The van der Waals surface area contributed by atoms with E-state index in [4.69, 9.17) is 5.73 Å². The van der Waals surface area contributed by atoms with Gasteiger partial charge < -0.3 is 16.0 Å². The smallest absolute Gasteiger partial charge is 0.325 e. The molecule has 0 aromatic rings. The number of nitrogens with two attached hydrogens (primary N) is 1. The molecule has 0 radical (unpaired) electrons. The second kappa shape index (κ2) is 7.35. The van der Waals surface area contributed by atoms with Crippen LogP contribution in [0.1, 0.15) is 52.9 Å². The molecule has 0 aromatic carbocycles. The molecule has 0 aromatic heterocycles. The summed E-state index contributed by atoms with van der Waals surface area (Å²) in [6, 6.07) is -0.373. The lowest BCUT2D eigenvalue weighted by atomic mass is 9.77. The van der Waals surface area contributed by atoms with Crippen LogP contribution in [0.25, 0.3) is 0 Å². The van der Waals surface area contributed by atoms with E-state index >= 15 is 0 Å². The number of piperidine rings is 1. The van der Waals surface area contributed by atoms with E-state index in [0.717, 1.165) is 24.2 Å². The molecular formula is C18H31ClN4O3. The van der Waals surface area contributed by atoms with Crippen molar-refractivity contribution in [3.05, 3.63) is 0 Å². The number of hydrogen-bond acceptors (Lipinski definition) is 4. The van der Waals surface area contributed by atoms with E-state index in [1.807, 2.05) is 13.8 Å². The van der Waals surface area contributed by atoms with E-state index in [9.17, 15) is 14.4 Å². The Morgan fingerprint density at radius 3 is 2.42 bits per heavy atom. The predicted molar refractivity (Wildman–Crippen MR) is 101 cm³/mol. The second-order valence-electron chi connectivity index (χ2n) is 8.79. The summed E-state index contributed by atoms with van der Waals surface area (Å²) in [6.07, 6.45) is 3.91. The van der Waals surface area contributed by atoms with Gasteiger partial charge in [-0.1, -0.05) is 20.8 Å². The van der Waals surface area contributed by atoms with Gasteiger partial charge in [0.2, 0.25) is 5.91 Å². The molecule has 0 bridgehead atoms. The normalized spacial score (nSPS) is 33.8. The van der Waals surface area contributed by atoms with E-state index in [1.165, 1.54) is 0 Å². The average molecular weight is 387 g/mol. The van der Waals surface area contributed by atoms with Gasteiger partial charge in [-0.15, -0.1) is 12.4 Å². The molecule has 1 unspecified atom stereocenters. The molecule has 2 heterocycles. The SMILES string of the molecule is CC1CCC2(CC1)NC(=O)N(CC(=O)N1CCC(N)C(C)(C)C1)C2=O.Cl. The highest BCUT2D eigenvalue weighted by atomic mass is 35.5. The second-order valence-corrected chi connectivity index (χ2v) is 8.79. The molecule has 148 valence electrons. The third-order valence-corrected chi connectivity index (χ3v) is 6.33. The van der Waals surface area contributed by atoms with Gasteiger partial charge >= 0.3 is 6.03 Å². The number of nitrogens with one attached hydrogen (secondary N) is 1. The van der Waals surface area contributed by atoms with E-state index in [-0.39, 0.29) is 42.2 Å². The van der Waals surface area contributed by atoms with Crippen LogP contribution in [0.2, 0.25) is 0 Å². The highest BCUT2D eigenvalue weighted by molar-refractivity contribution is 6.09. The van der Waals surface area contributed by atoms with Crippen LogP contribution in [0.5, 0.6) is 0 Å². The number of rotatable bonds is 2. The first-order valence-electron chi connectivity index (χ1n) is 9.32. The van der Waals surface area contributed by atoms with E-state index in [1.54, 1.807) is 4.90 Å². The maximum atomic E-state index is 12.8. The van der Waals surface area contributed by atoms with Gasteiger partial charge in [0.1, 0.15) is 12.1 Å². The summed E-state index contributed by atoms with van der Waals surface area (Å²) in [4.78, 5) is 40.7. The van der Waals surface area contributed by atoms with Gasteiger partial charge in [-0.05, 0) is 43.4 Å². The number of imide groups is 1. The fourth-order valence-electron chi connectivity index (χ4n) is 4.24. The molecule has 4 amide bonds. The topological polar surface area (TPSA) is 95.7 Å². The van der Waals surface area contributed by atoms with Gasteiger partial charge in [0.25, 0.3) is 5.91 Å². The van der Waals surface area contributed by atoms with Crippen molar-refractivity contribution < 1.29 is 14.4 Å². The maximum absolute atomic E-state index is 12.8. The van der Waals surface area contributed by atoms with Crippen molar-refractivity contribution in [2.75, 3.05) is 19.6 Å². The molecule has 1 atom stereocenters. The standard InChI is InChI=1S/C18H30N4O3.ClH/c1-12-4-7-18(8-5-12)15(24)22(16(25)20-18)10-14(23)21-9-6-13(19)17(2,3)11-21;/h12-13H,4-11,19H2,1-3H3,(H,20,25);1H. The molecule has 1 saturated carbocycles. The molecule has 26 heavy (non-hydrogen) atoms. The zero-order valence-corrected chi connectivity index (χ0v) is 16.7. The summed E-state index contributed by atoms with van der Waals surface area (Å²) in [6.45, 7) is 7.21. The van der Waals surface area contributed by atoms with Gasteiger partial charge in [0.05, 0.1) is 0 Å². The van der Waals surface area contributed by atoms with Crippen LogP contribution in [0, 0.1) is 11.3 Å². The van der Waals surface area contributed by atoms with E-state index < -0.39 is 11.6 Å².